The number of rotatable bonds is 2. The Balaban J connectivity index is 1.72. The quantitative estimate of drug-likeness (QED) is 0.783. The third-order valence-electron chi connectivity index (χ3n) is 3.73. The Bertz CT molecular complexity index is 799. The second-order valence-electron chi connectivity index (χ2n) is 5.14. The number of ether oxygens (including phenoxy) is 2. The zero-order valence-corrected chi connectivity index (χ0v) is 14.1. The molecular formula is C16H11Cl2NO3S. The number of anilines is 1. The van der Waals surface area contributed by atoms with Gasteiger partial charge in [-0.25, -0.2) is 0 Å². The molecule has 2 aliphatic heterocycles. The summed E-state index contributed by atoms with van der Waals surface area (Å²) in [6.07, 6.45) is 0. The van der Waals surface area contributed by atoms with E-state index < -0.39 is 0 Å². The highest BCUT2D eigenvalue weighted by Crippen LogP contribution is 2.45. The van der Waals surface area contributed by atoms with E-state index in [4.69, 9.17) is 32.7 Å². The molecule has 4 rings (SSSR count). The summed E-state index contributed by atoms with van der Waals surface area (Å²) in [6, 6.07) is 11.0. The molecule has 0 spiro atoms. The average Bonchev–Trinajstić information content (AvgIpc) is 3.15. The van der Waals surface area contributed by atoms with Crippen LogP contribution < -0.4 is 14.4 Å². The van der Waals surface area contributed by atoms with E-state index in [0.29, 0.717) is 21.5 Å². The highest BCUT2D eigenvalue weighted by atomic mass is 35.5. The standard InChI is InChI=1S/C16H11Cl2NO3S/c17-11-3-2-10(6-12(11)18)19-15(20)7-23-16(19)9-1-4-13-14(5-9)22-8-21-13/h1-6,16H,7-8H2/t16-/m0/s1. The number of hydrogen-bond acceptors (Lipinski definition) is 4. The summed E-state index contributed by atoms with van der Waals surface area (Å²) in [6.45, 7) is 0.228. The minimum atomic E-state index is -0.130. The first-order chi connectivity index (χ1) is 11.1. The normalized spacial score (nSPS) is 19.5. The van der Waals surface area contributed by atoms with Crippen molar-refractivity contribution < 1.29 is 14.3 Å². The van der Waals surface area contributed by atoms with Gasteiger partial charge in [-0.15, -0.1) is 11.8 Å². The van der Waals surface area contributed by atoms with Gasteiger partial charge in [0.2, 0.25) is 12.7 Å². The third-order valence-corrected chi connectivity index (χ3v) is 5.68. The zero-order chi connectivity index (χ0) is 16.0. The van der Waals surface area contributed by atoms with E-state index in [2.05, 4.69) is 0 Å². The molecule has 1 atom stereocenters. The summed E-state index contributed by atoms with van der Waals surface area (Å²) < 4.78 is 10.8. The van der Waals surface area contributed by atoms with Crippen LogP contribution >= 0.6 is 35.0 Å². The Labute approximate surface area is 147 Å². The van der Waals surface area contributed by atoms with Crippen LogP contribution in [0.25, 0.3) is 0 Å². The Kier molecular flexibility index (Phi) is 3.79. The number of benzene rings is 2. The maximum absolute atomic E-state index is 12.4. The van der Waals surface area contributed by atoms with E-state index in [1.54, 1.807) is 34.9 Å². The number of hydrogen-bond donors (Lipinski definition) is 0. The van der Waals surface area contributed by atoms with Crippen molar-refractivity contribution in [1.82, 2.24) is 0 Å². The lowest BCUT2D eigenvalue weighted by atomic mass is 10.1. The molecule has 2 heterocycles. The second kappa shape index (κ2) is 5.82. The van der Waals surface area contributed by atoms with Crippen molar-refractivity contribution >= 4 is 46.6 Å². The van der Waals surface area contributed by atoms with Crippen molar-refractivity contribution in [2.75, 3.05) is 17.4 Å². The molecule has 0 unspecified atom stereocenters. The lowest BCUT2D eigenvalue weighted by Gasteiger charge is -2.24. The summed E-state index contributed by atoms with van der Waals surface area (Å²) in [5.41, 5.74) is 1.72. The second-order valence-corrected chi connectivity index (χ2v) is 7.02. The molecule has 1 amide bonds. The fraction of sp³-hybridized carbons (Fsp3) is 0.188. The number of thioether (sulfide) groups is 1. The van der Waals surface area contributed by atoms with Gasteiger partial charge in [0, 0.05) is 5.69 Å². The molecule has 2 aromatic carbocycles. The molecule has 2 aliphatic rings. The number of halogens is 2. The molecule has 0 aromatic heterocycles. The van der Waals surface area contributed by atoms with Crippen molar-refractivity contribution in [1.29, 1.82) is 0 Å². The van der Waals surface area contributed by atoms with Crippen LogP contribution in [-0.2, 0) is 4.79 Å². The molecule has 4 nitrogen and oxygen atoms in total. The van der Waals surface area contributed by atoms with Crippen LogP contribution in [0.15, 0.2) is 36.4 Å². The topological polar surface area (TPSA) is 38.8 Å². The molecule has 0 aliphatic carbocycles. The van der Waals surface area contributed by atoms with Crippen LogP contribution in [0.4, 0.5) is 5.69 Å². The van der Waals surface area contributed by atoms with Gasteiger partial charge in [0.05, 0.1) is 15.8 Å². The molecule has 0 radical (unpaired) electrons. The number of carbonyl (C=O) groups excluding carboxylic acids is 1. The van der Waals surface area contributed by atoms with Gasteiger partial charge in [-0.3, -0.25) is 9.69 Å². The fourth-order valence-electron chi connectivity index (χ4n) is 2.65. The van der Waals surface area contributed by atoms with E-state index in [1.807, 2.05) is 18.2 Å². The van der Waals surface area contributed by atoms with Gasteiger partial charge >= 0.3 is 0 Å². The van der Waals surface area contributed by atoms with Gasteiger partial charge < -0.3 is 9.47 Å². The fourth-order valence-corrected chi connectivity index (χ4v) is 4.11. The van der Waals surface area contributed by atoms with Crippen LogP contribution in [0.1, 0.15) is 10.9 Å². The largest absolute Gasteiger partial charge is 0.454 e. The number of nitrogens with zero attached hydrogens (tertiary/aromatic N) is 1. The van der Waals surface area contributed by atoms with E-state index in [9.17, 15) is 4.79 Å². The summed E-state index contributed by atoms with van der Waals surface area (Å²) in [5.74, 6) is 1.89. The predicted octanol–water partition coefficient (Wildman–Crippen LogP) is 4.50. The van der Waals surface area contributed by atoms with Crippen LogP contribution in [0.3, 0.4) is 0 Å². The van der Waals surface area contributed by atoms with Gasteiger partial charge in [-0.2, -0.15) is 0 Å². The van der Waals surface area contributed by atoms with Crippen molar-refractivity contribution in [3.05, 3.63) is 52.0 Å². The van der Waals surface area contributed by atoms with Gasteiger partial charge in [0.25, 0.3) is 0 Å². The van der Waals surface area contributed by atoms with Crippen LogP contribution in [0, 0.1) is 0 Å². The Morgan fingerprint density at radius 3 is 2.70 bits per heavy atom. The number of carbonyl (C=O) groups is 1. The third kappa shape index (κ3) is 2.63. The molecule has 0 N–H and O–H groups in total. The smallest absolute Gasteiger partial charge is 0.238 e. The van der Waals surface area contributed by atoms with Gasteiger partial charge in [-0.1, -0.05) is 29.3 Å². The molecule has 7 heteroatoms. The number of amides is 1. The monoisotopic (exact) mass is 367 g/mol. The molecule has 23 heavy (non-hydrogen) atoms. The van der Waals surface area contributed by atoms with Crippen LogP contribution in [0.2, 0.25) is 10.0 Å². The highest BCUT2D eigenvalue weighted by molar-refractivity contribution is 8.00. The number of fused-ring (bicyclic) bond motifs is 1. The molecule has 2 aromatic rings. The van der Waals surface area contributed by atoms with Gasteiger partial charge in [-0.05, 0) is 35.9 Å². The average molecular weight is 368 g/mol. The molecule has 1 saturated heterocycles. The van der Waals surface area contributed by atoms with Crippen molar-refractivity contribution in [2.45, 2.75) is 5.37 Å². The Hall–Kier alpha value is -1.56. The highest BCUT2D eigenvalue weighted by Gasteiger charge is 2.35. The minimum Gasteiger partial charge on any atom is -0.454 e. The lowest BCUT2D eigenvalue weighted by molar-refractivity contribution is -0.115. The molecular weight excluding hydrogens is 357 g/mol. The summed E-state index contributed by atoms with van der Waals surface area (Å²) >= 11 is 13.6. The van der Waals surface area contributed by atoms with Crippen molar-refractivity contribution in [3.63, 3.8) is 0 Å². The molecule has 1 fully saturated rings. The lowest BCUT2D eigenvalue weighted by Crippen LogP contribution is -2.27. The van der Waals surface area contributed by atoms with Crippen LogP contribution in [-0.4, -0.2) is 18.5 Å². The van der Waals surface area contributed by atoms with Crippen molar-refractivity contribution in [2.24, 2.45) is 0 Å². The predicted molar refractivity (Wildman–Crippen MR) is 91.7 cm³/mol. The first-order valence-electron chi connectivity index (χ1n) is 6.92. The molecule has 0 bridgehead atoms. The maximum Gasteiger partial charge on any atom is 0.238 e. The van der Waals surface area contributed by atoms with E-state index in [1.165, 1.54) is 0 Å². The summed E-state index contributed by atoms with van der Waals surface area (Å²) in [7, 11) is 0. The Morgan fingerprint density at radius 2 is 1.87 bits per heavy atom. The zero-order valence-electron chi connectivity index (χ0n) is 11.8. The molecule has 118 valence electrons. The van der Waals surface area contributed by atoms with E-state index in [-0.39, 0.29) is 18.1 Å². The molecule has 0 saturated carbocycles. The Morgan fingerprint density at radius 1 is 1.04 bits per heavy atom. The SMILES string of the molecule is O=C1CS[C@@H](c2ccc3c(c2)OCO3)N1c1ccc(Cl)c(Cl)c1. The summed E-state index contributed by atoms with van der Waals surface area (Å²) in [5, 5.41) is 0.766. The van der Waals surface area contributed by atoms with Crippen LogP contribution in [0.5, 0.6) is 11.5 Å². The van der Waals surface area contributed by atoms with E-state index >= 15 is 0 Å². The first-order valence-corrected chi connectivity index (χ1v) is 8.72. The first kappa shape index (κ1) is 15.0. The van der Waals surface area contributed by atoms with Gasteiger partial charge in [0.1, 0.15) is 5.37 Å². The maximum atomic E-state index is 12.4. The minimum absolute atomic E-state index is 0.0380. The van der Waals surface area contributed by atoms with E-state index in [0.717, 1.165) is 17.0 Å². The van der Waals surface area contributed by atoms with Gasteiger partial charge in [0.15, 0.2) is 11.5 Å². The van der Waals surface area contributed by atoms with Crippen molar-refractivity contribution in [3.8, 4) is 11.5 Å². The summed E-state index contributed by atoms with van der Waals surface area (Å²) in [4.78, 5) is 14.1.